The van der Waals surface area contributed by atoms with Gasteiger partial charge in [0, 0.05) is 17.6 Å². The van der Waals surface area contributed by atoms with E-state index in [1.165, 1.54) is 48.4 Å². The molecule has 0 radical (unpaired) electrons. The molecule has 8 nitrogen and oxygen atoms in total. The fourth-order valence-electron chi connectivity index (χ4n) is 4.21. The third-order valence-corrected chi connectivity index (χ3v) is 7.59. The van der Waals surface area contributed by atoms with Crippen molar-refractivity contribution in [1.82, 2.24) is 10.2 Å². The summed E-state index contributed by atoms with van der Waals surface area (Å²) >= 11 is 6.10. The molecular formula is C25H31ClFN3O5S. The molecule has 1 fully saturated rings. The smallest absolute Gasteiger partial charge is 0.244 e. The molecule has 2 aromatic rings. The molecule has 0 aliphatic heterocycles. The van der Waals surface area contributed by atoms with Crippen LogP contribution in [0.25, 0.3) is 0 Å². The van der Waals surface area contributed by atoms with Crippen molar-refractivity contribution in [2.75, 3.05) is 24.2 Å². The van der Waals surface area contributed by atoms with E-state index in [0.717, 1.165) is 36.2 Å². The van der Waals surface area contributed by atoms with Crippen LogP contribution in [0.3, 0.4) is 0 Å². The number of hydrogen-bond acceptors (Lipinski definition) is 5. The maximum Gasteiger partial charge on any atom is 0.244 e. The Balaban J connectivity index is 1.92. The van der Waals surface area contributed by atoms with Gasteiger partial charge in [0.2, 0.25) is 21.8 Å². The number of benzene rings is 2. The van der Waals surface area contributed by atoms with Crippen LogP contribution in [0.15, 0.2) is 42.5 Å². The Labute approximate surface area is 216 Å². The highest BCUT2D eigenvalue weighted by Gasteiger charge is 2.32. The van der Waals surface area contributed by atoms with Crippen LogP contribution in [0.2, 0.25) is 5.02 Å². The number of anilines is 1. The zero-order valence-electron chi connectivity index (χ0n) is 20.5. The number of carbonyl (C=O) groups is 2. The SMILES string of the molecule is COc1ccc(Cl)cc1N(CC(=O)N(Cc1ccc(F)cc1)[C@@H](C)C(=O)NC1CCCC1)S(C)(=O)=O. The summed E-state index contributed by atoms with van der Waals surface area (Å²) in [5.41, 5.74) is 0.696. The lowest BCUT2D eigenvalue weighted by atomic mass is 10.1. The molecule has 2 amide bonds. The van der Waals surface area contributed by atoms with E-state index in [0.29, 0.717) is 5.56 Å². The second kappa shape index (κ2) is 11.9. The van der Waals surface area contributed by atoms with Gasteiger partial charge in [-0.1, -0.05) is 36.6 Å². The zero-order chi connectivity index (χ0) is 26.5. The van der Waals surface area contributed by atoms with Crippen molar-refractivity contribution in [2.24, 2.45) is 0 Å². The standard InChI is InChI=1S/C25H31ClFN3O5S/c1-17(25(32)28-21-6-4-5-7-21)29(15-18-8-11-20(27)12-9-18)24(31)16-30(36(3,33)34)22-14-19(26)10-13-23(22)35-2/h8-14,17,21H,4-7,15-16H2,1-3H3,(H,28,32)/t17-/m0/s1. The fraction of sp³-hybridized carbons (Fsp3) is 0.440. The maximum absolute atomic E-state index is 13.6. The largest absolute Gasteiger partial charge is 0.495 e. The quantitative estimate of drug-likeness (QED) is 0.496. The highest BCUT2D eigenvalue weighted by Crippen LogP contribution is 2.33. The predicted molar refractivity (Wildman–Crippen MR) is 137 cm³/mol. The summed E-state index contributed by atoms with van der Waals surface area (Å²) in [6.45, 7) is 0.997. The molecule has 0 aromatic heterocycles. The molecule has 3 rings (SSSR count). The van der Waals surface area contributed by atoms with Crippen LogP contribution in [0.1, 0.15) is 38.2 Å². The van der Waals surface area contributed by atoms with Crippen molar-refractivity contribution in [2.45, 2.75) is 51.2 Å². The molecule has 196 valence electrons. The van der Waals surface area contributed by atoms with Crippen LogP contribution in [0.4, 0.5) is 10.1 Å². The lowest BCUT2D eigenvalue weighted by Crippen LogP contribution is -2.52. The number of halogens is 2. The minimum atomic E-state index is -3.94. The molecular weight excluding hydrogens is 509 g/mol. The van der Waals surface area contributed by atoms with Gasteiger partial charge in [0.25, 0.3) is 0 Å². The summed E-state index contributed by atoms with van der Waals surface area (Å²) in [4.78, 5) is 28.0. The molecule has 36 heavy (non-hydrogen) atoms. The van der Waals surface area contributed by atoms with Crippen LogP contribution < -0.4 is 14.4 Å². The second-order valence-corrected chi connectivity index (χ2v) is 11.2. The molecule has 11 heteroatoms. The van der Waals surface area contributed by atoms with E-state index in [1.807, 2.05) is 0 Å². The molecule has 0 spiro atoms. The first kappa shape index (κ1) is 27.7. The van der Waals surface area contributed by atoms with Gasteiger partial charge in [-0.05, 0) is 55.7 Å². The topological polar surface area (TPSA) is 96.0 Å². The lowest BCUT2D eigenvalue weighted by Gasteiger charge is -2.32. The van der Waals surface area contributed by atoms with E-state index in [-0.39, 0.29) is 35.0 Å². The maximum atomic E-state index is 13.6. The summed E-state index contributed by atoms with van der Waals surface area (Å²) in [5.74, 6) is -1.15. The second-order valence-electron chi connectivity index (χ2n) is 8.90. The average molecular weight is 540 g/mol. The van der Waals surface area contributed by atoms with Crippen LogP contribution in [-0.2, 0) is 26.2 Å². The Hall–Kier alpha value is -2.85. The van der Waals surface area contributed by atoms with Gasteiger partial charge in [0.05, 0.1) is 19.1 Å². The highest BCUT2D eigenvalue weighted by atomic mass is 35.5. The van der Waals surface area contributed by atoms with Crippen LogP contribution >= 0.6 is 11.6 Å². The average Bonchev–Trinajstić information content (AvgIpc) is 3.33. The zero-order valence-corrected chi connectivity index (χ0v) is 22.1. The van der Waals surface area contributed by atoms with Gasteiger partial charge in [-0.15, -0.1) is 0 Å². The van der Waals surface area contributed by atoms with Gasteiger partial charge in [-0.2, -0.15) is 0 Å². The van der Waals surface area contributed by atoms with E-state index < -0.39 is 34.3 Å². The molecule has 1 N–H and O–H groups in total. The molecule has 1 aliphatic carbocycles. The molecule has 1 atom stereocenters. The first-order valence-corrected chi connectivity index (χ1v) is 13.9. The number of ether oxygens (including phenoxy) is 1. The van der Waals surface area contributed by atoms with Crippen LogP contribution in [-0.4, -0.2) is 57.1 Å². The van der Waals surface area contributed by atoms with E-state index in [9.17, 15) is 22.4 Å². The Morgan fingerprint density at radius 3 is 2.39 bits per heavy atom. The third-order valence-electron chi connectivity index (χ3n) is 6.22. The normalized spacial score (nSPS) is 14.8. The Morgan fingerprint density at radius 1 is 1.17 bits per heavy atom. The van der Waals surface area contributed by atoms with Crippen molar-refractivity contribution in [3.05, 3.63) is 58.9 Å². The summed E-state index contributed by atoms with van der Waals surface area (Å²) < 4.78 is 45.1. The van der Waals surface area contributed by atoms with Gasteiger partial charge in [0.15, 0.2) is 0 Å². The van der Waals surface area contributed by atoms with Crippen LogP contribution in [0.5, 0.6) is 5.75 Å². The van der Waals surface area contributed by atoms with Gasteiger partial charge in [0.1, 0.15) is 24.2 Å². The fourth-order valence-corrected chi connectivity index (χ4v) is 5.23. The number of amides is 2. The summed E-state index contributed by atoms with van der Waals surface area (Å²) in [5, 5.41) is 3.25. The first-order chi connectivity index (χ1) is 17.0. The summed E-state index contributed by atoms with van der Waals surface area (Å²) in [7, 11) is -2.56. The number of sulfonamides is 1. The molecule has 0 heterocycles. The van der Waals surface area contributed by atoms with Gasteiger partial charge < -0.3 is 15.0 Å². The number of rotatable bonds is 10. The van der Waals surface area contributed by atoms with Gasteiger partial charge >= 0.3 is 0 Å². The minimum Gasteiger partial charge on any atom is -0.495 e. The lowest BCUT2D eigenvalue weighted by molar-refractivity contribution is -0.139. The van der Waals surface area contributed by atoms with E-state index in [2.05, 4.69) is 5.32 Å². The Kier molecular flexibility index (Phi) is 9.19. The van der Waals surface area contributed by atoms with Crippen molar-refractivity contribution in [3.63, 3.8) is 0 Å². The van der Waals surface area contributed by atoms with Crippen LogP contribution in [0, 0.1) is 5.82 Å². The molecule has 0 unspecified atom stereocenters. The number of nitrogens with one attached hydrogen (secondary N) is 1. The predicted octanol–water partition coefficient (Wildman–Crippen LogP) is 3.73. The highest BCUT2D eigenvalue weighted by molar-refractivity contribution is 7.92. The third kappa shape index (κ3) is 7.10. The van der Waals surface area contributed by atoms with Crippen molar-refractivity contribution >= 4 is 39.1 Å². The summed E-state index contributed by atoms with van der Waals surface area (Å²) in [6.07, 6.45) is 4.79. The molecule has 1 aliphatic rings. The first-order valence-electron chi connectivity index (χ1n) is 11.6. The van der Waals surface area contributed by atoms with Crippen molar-refractivity contribution in [1.29, 1.82) is 0 Å². The number of methoxy groups -OCH3 is 1. The van der Waals surface area contributed by atoms with E-state index in [4.69, 9.17) is 16.3 Å². The van der Waals surface area contributed by atoms with Gasteiger partial charge in [-0.3, -0.25) is 13.9 Å². The van der Waals surface area contributed by atoms with E-state index in [1.54, 1.807) is 13.0 Å². The van der Waals surface area contributed by atoms with Crippen molar-refractivity contribution < 1.29 is 27.1 Å². The molecule has 1 saturated carbocycles. The molecule has 0 bridgehead atoms. The minimum absolute atomic E-state index is 0.0113. The Morgan fingerprint density at radius 2 is 1.81 bits per heavy atom. The number of carbonyl (C=O) groups excluding carboxylic acids is 2. The van der Waals surface area contributed by atoms with Gasteiger partial charge in [-0.25, -0.2) is 12.8 Å². The molecule has 2 aromatic carbocycles. The number of hydrogen-bond donors (Lipinski definition) is 1. The Bertz CT molecular complexity index is 1190. The summed E-state index contributed by atoms with van der Waals surface area (Å²) in [6, 6.07) is 9.17. The molecule has 0 saturated heterocycles. The van der Waals surface area contributed by atoms with Crippen molar-refractivity contribution in [3.8, 4) is 5.75 Å². The van der Waals surface area contributed by atoms with E-state index >= 15 is 0 Å². The monoisotopic (exact) mass is 539 g/mol. The number of nitrogens with zero attached hydrogens (tertiary/aromatic N) is 2.